The van der Waals surface area contributed by atoms with Crippen molar-refractivity contribution < 1.29 is 9.53 Å². The Morgan fingerprint density at radius 3 is 3.18 bits per heavy atom. The first-order chi connectivity index (χ1) is 10.7. The SMILES string of the molecule is CCn1nccc1[C@H]1OCC[C@@H]1NC(=O)Cc1nc[nH]c1C. The Labute approximate surface area is 129 Å². The minimum Gasteiger partial charge on any atom is -0.370 e. The highest BCUT2D eigenvalue weighted by molar-refractivity contribution is 5.78. The fourth-order valence-electron chi connectivity index (χ4n) is 2.85. The molecule has 0 spiro atoms. The highest BCUT2D eigenvalue weighted by Gasteiger charge is 2.33. The lowest BCUT2D eigenvalue weighted by Gasteiger charge is -2.20. The molecule has 0 bridgehead atoms. The summed E-state index contributed by atoms with van der Waals surface area (Å²) in [6.07, 6.45) is 4.34. The molecule has 22 heavy (non-hydrogen) atoms. The first-order valence-corrected chi connectivity index (χ1v) is 7.60. The molecule has 2 aromatic heterocycles. The second-order valence-corrected chi connectivity index (χ2v) is 5.48. The second-order valence-electron chi connectivity index (χ2n) is 5.48. The number of hydrogen-bond donors (Lipinski definition) is 2. The molecule has 7 heteroatoms. The zero-order valence-electron chi connectivity index (χ0n) is 12.9. The average Bonchev–Trinajstić information content (AvgIpc) is 3.20. The van der Waals surface area contributed by atoms with Gasteiger partial charge in [0.15, 0.2) is 0 Å². The van der Waals surface area contributed by atoms with Gasteiger partial charge in [-0.3, -0.25) is 9.48 Å². The summed E-state index contributed by atoms with van der Waals surface area (Å²) in [6, 6.07) is 1.94. The summed E-state index contributed by atoms with van der Waals surface area (Å²) in [5.74, 6) is -0.0294. The Morgan fingerprint density at radius 1 is 1.59 bits per heavy atom. The van der Waals surface area contributed by atoms with Crippen molar-refractivity contribution in [2.75, 3.05) is 6.61 Å². The summed E-state index contributed by atoms with van der Waals surface area (Å²) in [7, 11) is 0. The van der Waals surface area contributed by atoms with Crippen molar-refractivity contribution >= 4 is 5.91 Å². The number of carbonyl (C=O) groups excluding carboxylic acids is 1. The number of amides is 1. The standard InChI is InChI=1S/C15H21N5O2/c1-3-20-13(4-6-18-20)15-11(5-7-22-15)19-14(21)8-12-10(2)16-9-17-12/h4,6,9,11,15H,3,5,7-8H2,1-2H3,(H,16,17)(H,19,21)/t11-,15-/m0/s1. The van der Waals surface area contributed by atoms with Gasteiger partial charge in [0.25, 0.3) is 0 Å². The molecule has 1 saturated heterocycles. The minimum atomic E-state index is -0.133. The van der Waals surface area contributed by atoms with Crippen molar-refractivity contribution in [2.24, 2.45) is 0 Å². The van der Waals surface area contributed by atoms with Gasteiger partial charge in [0.2, 0.25) is 5.91 Å². The van der Waals surface area contributed by atoms with Crippen molar-refractivity contribution in [3.05, 3.63) is 35.7 Å². The zero-order valence-corrected chi connectivity index (χ0v) is 12.9. The number of imidazole rings is 1. The van der Waals surface area contributed by atoms with Crippen LogP contribution in [0.15, 0.2) is 18.6 Å². The van der Waals surface area contributed by atoms with Gasteiger partial charge in [-0.2, -0.15) is 5.10 Å². The number of nitrogens with one attached hydrogen (secondary N) is 2. The maximum absolute atomic E-state index is 12.2. The van der Waals surface area contributed by atoms with E-state index in [-0.39, 0.29) is 24.5 Å². The van der Waals surface area contributed by atoms with Crippen LogP contribution >= 0.6 is 0 Å². The number of aromatic amines is 1. The second kappa shape index (κ2) is 6.31. The maximum Gasteiger partial charge on any atom is 0.226 e. The predicted molar refractivity (Wildman–Crippen MR) is 80.2 cm³/mol. The minimum absolute atomic E-state index is 0.0197. The Balaban J connectivity index is 1.66. The van der Waals surface area contributed by atoms with Crippen molar-refractivity contribution in [1.82, 2.24) is 25.1 Å². The molecule has 0 aromatic carbocycles. The van der Waals surface area contributed by atoms with Crippen LogP contribution in [0.2, 0.25) is 0 Å². The number of aryl methyl sites for hydroxylation is 2. The van der Waals surface area contributed by atoms with E-state index >= 15 is 0 Å². The van der Waals surface area contributed by atoms with Gasteiger partial charge in [-0.05, 0) is 26.3 Å². The van der Waals surface area contributed by atoms with E-state index in [4.69, 9.17) is 4.74 Å². The zero-order chi connectivity index (χ0) is 15.5. The van der Waals surface area contributed by atoms with Crippen LogP contribution in [-0.4, -0.2) is 38.3 Å². The third-order valence-electron chi connectivity index (χ3n) is 4.04. The van der Waals surface area contributed by atoms with Crippen LogP contribution in [0, 0.1) is 6.92 Å². The smallest absolute Gasteiger partial charge is 0.226 e. The molecule has 118 valence electrons. The lowest BCUT2D eigenvalue weighted by Crippen LogP contribution is -2.38. The van der Waals surface area contributed by atoms with Crippen molar-refractivity contribution in [1.29, 1.82) is 0 Å². The number of nitrogens with zero attached hydrogens (tertiary/aromatic N) is 3. The van der Waals surface area contributed by atoms with E-state index in [0.717, 1.165) is 30.0 Å². The third kappa shape index (κ3) is 2.89. The Morgan fingerprint density at radius 2 is 2.45 bits per heavy atom. The third-order valence-corrected chi connectivity index (χ3v) is 4.04. The van der Waals surface area contributed by atoms with Gasteiger partial charge in [-0.25, -0.2) is 4.98 Å². The molecule has 1 amide bonds. The molecule has 2 aromatic rings. The van der Waals surface area contributed by atoms with Crippen LogP contribution < -0.4 is 5.32 Å². The first-order valence-electron chi connectivity index (χ1n) is 7.60. The number of carbonyl (C=O) groups is 1. The highest BCUT2D eigenvalue weighted by Crippen LogP contribution is 2.29. The summed E-state index contributed by atoms with van der Waals surface area (Å²) in [5, 5.41) is 7.35. The fourth-order valence-corrected chi connectivity index (χ4v) is 2.85. The molecule has 1 aliphatic heterocycles. The van der Waals surface area contributed by atoms with Gasteiger partial charge in [0.05, 0.1) is 30.2 Å². The number of H-pyrrole nitrogens is 1. The van der Waals surface area contributed by atoms with Gasteiger partial charge in [-0.1, -0.05) is 0 Å². The Kier molecular flexibility index (Phi) is 4.24. The monoisotopic (exact) mass is 303 g/mol. The van der Waals surface area contributed by atoms with E-state index in [9.17, 15) is 4.79 Å². The fraction of sp³-hybridized carbons (Fsp3) is 0.533. The first kappa shape index (κ1) is 14.8. The van der Waals surface area contributed by atoms with Crippen LogP contribution in [0.3, 0.4) is 0 Å². The Hall–Kier alpha value is -2.15. The Bertz CT molecular complexity index is 648. The van der Waals surface area contributed by atoms with E-state index < -0.39 is 0 Å². The van der Waals surface area contributed by atoms with E-state index in [1.807, 2.05) is 24.6 Å². The van der Waals surface area contributed by atoms with Gasteiger partial charge in [0.1, 0.15) is 6.10 Å². The van der Waals surface area contributed by atoms with Crippen LogP contribution in [0.25, 0.3) is 0 Å². The average molecular weight is 303 g/mol. The summed E-state index contributed by atoms with van der Waals surface area (Å²) in [6.45, 7) is 5.39. The summed E-state index contributed by atoms with van der Waals surface area (Å²) < 4.78 is 7.72. The van der Waals surface area contributed by atoms with Gasteiger partial charge >= 0.3 is 0 Å². The van der Waals surface area contributed by atoms with Crippen LogP contribution in [0.1, 0.15) is 36.5 Å². The normalized spacial score (nSPS) is 21.2. The number of aromatic nitrogens is 4. The molecule has 2 N–H and O–H groups in total. The summed E-state index contributed by atoms with van der Waals surface area (Å²) in [4.78, 5) is 19.4. The summed E-state index contributed by atoms with van der Waals surface area (Å²) >= 11 is 0. The molecule has 3 heterocycles. The molecule has 0 saturated carbocycles. The van der Waals surface area contributed by atoms with Gasteiger partial charge < -0.3 is 15.0 Å². The maximum atomic E-state index is 12.2. The molecule has 7 nitrogen and oxygen atoms in total. The van der Waals surface area contributed by atoms with Crippen LogP contribution in [0.4, 0.5) is 0 Å². The van der Waals surface area contributed by atoms with Crippen molar-refractivity contribution in [3.63, 3.8) is 0 Å². The molecule has 0 unspecified atom stereocenters. The van der Waals surface area contributed by atoms with E-state index in [2.05, 4.69) is 20.4 Å². The van der Waals surface area contributed by atoms with Crippen LogP contribution in [-0.2, 0) is 22.5 Å². The van der Waals surface area contributed by atoms with E-state index in [1.165, 1.54) is 0 Å². The van der Waals surface area contributed by atoms with Crippen LogP contribution in [0.5, 0.6) is 0 Å². The lowest BCUT2D eigenvalue weighted by molar-refractivity contribution is -0.121. The molecule has 3 rings (SSSR count). The van der Waals surface area contributed by atoms with Gasteiger partial charge in [0, 0.05) is 25.0 Å². The lowest BCUT2D eigenvalue weighted by atomic mass is 10.1. The summed E-state index contributed by atoms with van der Waals surface area (Å²) in [5.41, 5.74) is 2.73. The molecule has 0 aliphatic carbocycles. The van der Waals surface area contributed by atoms with Gasteiger partial charge in [-0.15, -0.1) is 0 Å². The molecular weight excluding hydrogens is 282 g/mol. The highest BCUT2D eigenvalue weighted by atomic mass is 16.5. The van der Waals surface area contributed by atoms with Crippen molar-refractivity contribution in [2.45, 2.75) is 45.4 Å². The molecule has 0 radical (unpaired) electrons. The van der Waals surface area contributed by atoms with E-state index in [0.29, 0.717) is 6.61 Å². The molecule has 2 atom stereocenters. The quantitative estimate of drug-likeness (QED) is 0.867. The topological polar surface area (TPSA) is 84.8 Å². The number of rotatable bonds is 5. The molecule has 1 aliphatic rings. The number of hydrogen-bond acceptors (Lipinski definition) is 4. The van der Waals surface area contributed by atoms with Crippen molar-refractivity contribution in [3.8, 4) is 0 Å². The van der Waals surface area contributed by atoms with E-state index in [1.54, 1.807) is 12.5 Å². The molecular formula is C15H21N5O2. The largest absolute Gasteiger partial charge is 0.370 e. The predicted octanol–water partition coefficient (Wildman–Crippen LogP) is 1.12. The molecule has 1 fully saturated rings. The number of ether oxygens (including phenoxy) is 1.